The van der Waals surface area contributed by atoms with Gasteiger partial charge in [-0.25, -0.2) is 0 Å². The van der Waals surface area contributed by atoms with Crippen LogP contribution in [0.4, 0.5) is 5.82 Å². The molecule has 2 N–H and O–H groups in total. The first-order valence-electron chi connectivity index (χ1n) is 3.58. The zero-order valence-electron chi connectivity index (χ0n) is 6.87. The van der Waals surface area contributed by atoms with Crippen molar-refractivity contribution in [3.63, 3.8) is 0 Å². The smallest absolute Gasteiger partial charge is 0.125 e. The van der Waals surface area contributed by atoms with E-state index in [0.29, 0.717) is 0 Å². The zero-order valence-corrected chi connectivity index (χ0v) is 7.69. The van der Waals surface area contributed by atoms with E-state index in [4.69, 9.17) is 5.73 Å². The fourth-order valence-electron chi connectivity index (χ4n) is 0.952. The highest BCUT2D eigenvalue weighted by atomic mass is 32.2. The van der Waals surface area contributed by atoms with E-state index in [0.717, 1.165) is 23.7 Å². The maximum atomic E-state index is 5.79. The molecule has 0 spiro atoms. The molecule has 0 unspecified atom stereocenters. The number of nitrogens with zero attached hydrogens (tertiary/aromatic N) is 2. The Morgan fingerprint density at radius 1 is 1.73 bits per heavy atom. The van der Waals surface area contributed by atoms with Crippen molar-refractivity contribution >= 4 is 17.6 Å². The van der Waals surface area contributed by atoms with Crippen LogP contribution in [0.3, 0.4) is 0 Å². The topological polar surface area (TPSA) is 43.8 Å². The lowest BCUT2D eigenvalue weighted by Gasteiger charge is -1.99. The third kappa shape index (κ3) is 1.68. The van der Waals surface area contributed by atoms with Gasteiger partial charge in [0, 0.05) is 17.9 Å². The van der Waals surface area contributed by atoms with Gasteiger partial charge in [-0.3, -0.25) is 4.68 Å². The largest absolute Gasteiger partial charge is 0.384 e. The SMILES string of the molecule is CCn1ncc(CSC)c1N. The second kappa shape index (κ2) is 3.67. The number of thioether (sulfide) groups is 1. The van der Waals surface area contributed by atoms with Crippen molar-refractivity contribution in [2.45, 2.75) is 19.2 Å². The Morgan fingerprint density at radius 2 is 2.45 bits per heavy atom. The average molecular weight is 171 g/mol. The first-order valence-corrected chi connectivity index (χ1v) is 4.98. The molecular weight excluding hydrogens is 158 g/mol. The number of anilines is 1. The minimum Gasteiger partial charge on any atom is -0.384 e. The normalized spacial score (nSPS) is 10.4. The van der Waals surface area contributed by atoms with Gasteiger partial charge in [-0.2, -0.15) is 16.9 Å². The average Bonchev–Trinajstić information content (AvgIpc) is 2.34. The van der Waals surface area contributed by atoms with Gasteiger partial charge in [0.05, 0.1) is 6.20 Å². The zero-order chi connectivity index (χ0) is 8.27. The lowest BCUT2D eigenvalue weighted by molar-refractivity contribution is 0.669. The molecule has 0 aliphatic heterocycles. The van der Waals surface area contributed by atoms with Gasteiger partial charge in [-0.05, 0) is 13.2 Å². The molecule has 4 heteroatoms. The summed E-state index contributed by atoms with van der Waals surface area (Å²) in [4.78, 5) is 0. The van der Waals surface area contributed by atoms with E-state index < -0.39 is 0 Å². The molecule has 0 saturated carbocycles. The minimum absolute atomic E-state index is 0.807. The summed E-state index contributed by atoms with van der Waals surface area (Å²) in [7, 11) is 0. The molecule has 0 atom stereocenters. The van der Waals surface area contributed by atoms with E-state index in [1.165, 1.54) is 0 Å². The number of aromatic nitrogens is 2. The second-order valence-corrected chi connectivity index (χ2v) is 3.17. The van der Waals surface area contributed by atoms with E-state index in [9.17, 15) is 0 Å². The summed E-state index contributed by atoms with van der Waals surface area (Å²) in [5.41, 5.74) is 6.93. The van der Waals surface area contributed by atoms with E-state index in [1.807, 2.05) is 17.8 Å². The summed E-state index contributed by atoms with van der Waals surface area (Å²) in [6, 6.07) is 0. The Kier molecular flexibility index (Phi) is 2.82. The summed E-state index contributed by atoms with van der Waals surface area (Å²) in [6.45, 7) is 2.88. The molecule has 1 aromatic heterocycles. The van der Waals surface area contributed by atoms with Crippen molar-refractivity contribution in [2.24, 2.45) is 0 Å². The second-order valence-electron chi connectivity index (χ2n) is 2.30. The van der Waals surface area contributed by atoms with Crippen molar-refractivity contribution in [2.75, 3.05) is 12.0 Å². The van der Waals surface area contributed by atoms with Gasteiger partial charge in [0.15, 0.2) is 0 Å². The predicted molar refractivity (Wildman–Crippen MR) is 49.5 cm³/mol. The number of nitrogens with two attached hydrogens (primary N) is 1. The molecule has 0 aliphatic rings. The number of hydrogen-bond donors (Lipinski definition) is 1. The summed E-state index contributed by atoms with van der Waals surface area (Å²) >= 11 is 1.76. The van der Waals surface area contributed by atoms with Gasteiger partial charge in [0.1, 0.15) is 5.82 Å². The van der Waals surface area contributed by atoms with Crippen LogP contribution in [0.1, 0.15) is 12.5 Å². The fourth-order valence-corrected chi connectivity index (χ4v) is 1.49. The summed E-state index contributed by atoms with van der Waals surface area (Å²) in [5, 5.41) is 4.13. The third-order valence-electron chi connectivity index (χ3n) is 1.56. The van der Waals surface area contributed by atoms with Gasteiger partial charge in [-0.1, -0.05) is 0 Å². The van der Waals surface area contributed by atoms with Crippen LogP contribution in [0.2, 0.25) is 0 Å². The van der Waals surface area contributed by atoms with Crippen LogP contribution in [0.15, 0.2) is 6.20 Å². The van der Waals surface area contributed by atoms with Crippen molar-refractivity contribution in [1.29, 1.82) is 0 Å². The highest BCUT2D eigenvalue weighted by molar-refractivity contribution is 7.97. The Morgan fingerprint density at radius 3 is 2.91 bits per heavy atom. The van der Waals surface area contributed by atoms with Crippen LogP contribution >= 0.6 is 11.8 Å². The van der Waals surface area contributed by atoms with Crippen LogP contribution < -0.4 is 5.73 Å². The molecule has 1 aromatic rings. The molecule has 1 heterocycles. The van der Waals surface area contributed by atoms with Crippen LogP contribution in [0.25, 0.3) is 0 Å². The molecule has 0 saturated heterocycles. The van der Waals surface area contributed by atoms with E-state index in [2.05, 4.69) is 11.4 Å². The lowest BCUT2D eigenvalue weighted by Crippen LogP contribution is -2.02. The molecule has 0 fully saturated rings. The number of rotatable bonds is 3. The first kappa shape index (κ1) is 8.46. The van der Waals surface area contributed by atoms with Crippen molar-refractivity contribution < 1.29 is 0 Å². The third-order valence-corrected chi connectivity index (χ3v) is 2.16. The Hall–Kier alpha value is -0.640. The Bertz CT molecular complexity index is 232. The molecule has 0 radical (unpaired) electrons. The van der Waals surface area contributed by atoms with Gasteiger partial charge in [0.2, 0.25) is 0 Å². The molecule has 0 bridgehead atoms. The first-order chi connectivity index (χ1) is 5.29. The quantitative estimate of drug-likeness (QED) is 0.746. The fraction of sp³-hybridized carbons (Fsp3) is 0.571. The van der Waals surface area contributed by atoms with Gasteiger partial charge in [0.25, 0.3) is 0 Å². The monoisotopic (exact) mass is 171 g/mol. The molecule has 0 aromatic carbocycles. The van der Waals surface area contributed by atoms with Crippen molar-refractivity contribution in [3.8, 4) is 0 Å². The summed E-state index contributed by atoms with van der Waals surface area (Å²) < 4.78 is 1.81. The lowest BCUT2D eigenvalue weighted by atomic mass is 10.4. The Labute approximate surface area is 71.0 Å². The molecule has 62 valence electrons. The molecule has 3 nitrogen and oxygen atoms in total. The van der Waals surface area contributed by atoms with Crippen LogP contribution in [0, 0.1) is 0 Å². The van der Waals surface area contributed by atoms with Crippen LogP contribution in [-0.4, -0.2) is 16.0 Å². The van der Waals surface area contributed by atoms with E-state index >= 15 is 0 Å². The predicted octanol–water partition coefficient (Wildman–Crippen LogP) is 1.35. The van der Waals surface area contributed by atoms with Crippen LogP contribution in [0.5, 0.6) is 0 Å². The molecule has 11 heavy (non-hydrogen) atoms. The molecular formula is C7H13N3S. The van der Waals surface area contributed by atoms with Gasteiger partial charge >= 0.3 is 0 Å². The van der Waals surface area contributed by atoms with Gasteiger partial charge in [-0.15, -0.1) is 0 Å². The van der Waals surface area contributed by atoms with Crippen LogP contribution in [-0.2, 0) is 12.3 Å². The highest BCUT2D eigenvalue weighted by Gasteiger charge is 2.03. The van der Waals surface area contributed by atoms with E-state index in [1.54, 1.807) is 11.8 Å². The highest BCUT2D eigenvalue weighted by Crippen LogP contribution is 2.15. The number of aryl methyl sites for hydroxylation is 1. The number of nitrogen functional groups attached to an aromatic ring is 1. The van der Waals surface area contributed by atoms with Gasteiger partial charge < -0.3 is 5.73 Å². The standard InChI is InChI=1S/C7H13N3S/c1-3-10-7(8)6(4-9-10)5-11-2/h4H,3,5,8H2,1-2H3. The Balaban J connectivity index is 2.82. The summed E-state index contributed by atoms with van der Waals surface area (Å²) in [6.07, 6.45) is 3.90. The molecule has 1 rings (SSSR count). The maximum absolute atomic E-state index is 5.79. The van der Waals surface area contributed by atoms with E-state index in [-0.39, 0.29) is 0 Å². The molecule has 0 amide bonds. The maximum Gasteiger partial charge on any atom is 0.125 e. The van der Waals surface area contributed by atoms with Crippen molar-refractivity contribution in [1.82, 2.24) is 9.78 Å². The molecule has 0 aliphatic carbocycles. The van der Waals surface area contributed by atoms with Crippen molar-refractivity contribution in [3.05, 3.63) is 11.8 Å². The number of hydrogen-bond acceptors (Lipinski definition) is 3. The minimum atomic E-state index is 0.807. The summed E-state index contributed by atoms with van der Waals surface area (Å²) in [5.74, 6) is 1.76.